The first kappa shape index (κ1) is 13.1. The van der Waals surface area contributed by atoms with Crippen molar-refractivity contribution < 1.29 is 8.91 Å². The Labute approximate surface area is 120 Å². The molecular weight excluding hydrogens is 281 g/mol. The molecule has 6 heteroatoms. The Balaban J connectivity index is 2.09. The Morgan fingerprint density at radius 3 is 2.90 bits per heavy atom. The molecule has 1 aromatic carbocycles. The fourth-order valence-corrected chi connectivity index (χ4v) is 2.42. The number of hydrogen-bond acceptors (Lipinski definition) is 3. The lowest BCUT2D eigenvalue weighted by molar-refractivity contribution is 0.389. The lowest BCUT2D eigenvalue weighted by Crippen LogP contribution is -2.06. The maximum absolute atomic E-state index is 13.5. The number of fused-ring (bicyclic) bond motifs is 1. The number of alkyl halides is 1. The molecule has 4 nitrogen and oxygen atoms in total. The molecule has 0 radical (unpaired) electrons. The molecule has 3 rings (SSSR count). The van der Waals surface area contributed by atoms with Gasteiger partial charge in [0.15, 0.2) is 0 Å². The summed E-state index contributed by atoms with van der Waals surface area (Å²) in [5.41, 5.74) is 2.28. The average molecular weight is 294 g/mol. The summed E-state index contributed by atoms with van der Waals surface area (Å²) < 4.78 is 20.4. The SMILES string of the molecule is Cc1cc(Cn2c(CCCl)nc3ccc(F)cc32)no1. The third-order valence-corrected chi connectivity index (χ3v) is 3.29. The number of nitrogens with zero attached hydrogens (tertiary/aromatic N) is 3. The third kappa shape index (κ3) is 2.41. The first-order chi connectivity index (χ1) is 9.67. The zero-order valence-electron chi connectivity index (χ0n) is 10.9. The lowest BCUT2D eigenvalue weighted by atomic mass is 10.3. The standard InChI is InChI=1S/C14H13ClFN3O/c1-9-6-11(18-20-9)8-19-13-7-10(16)2-3-12(13)17-14(19)4-5-15/h2-3,6-7H,4-5,8H2,1H3. The van der Waals surface area contributed by atoms with E-state index < -0.39 is 0 Å². The van der Waals surface area contributed by atoms with Crippen LogP contribution in [0.2, 0.25) is 0 Å². The van der Waals surface area contributed by atoms with Gasteiger partial charge in [0.2, 0.25) is 0 Å². The summed E-state index contributed by atoms with van der Waals surface area (Å²) in [6.45, 7) is 2.32. The molecule has 0 bridgehead atoms. The van der Waals surface area contributed by atoms with Crippen molar-refractivity contribution in [3.63, 3.8) is 0 Å². The topological polar surface area (TPSA) is 43.9 Å². The van der Waals surface area contributed by atoms with E-state index in [-0.39, 0.29) is 5.82 Å². The Kier molecular flexibility index (Phi) is 3.44. The number of hydrogen-bond donors (Lipinski definition) is 0. The Hall–Kier alpha value is -1.88. The quantitative estimate of drug-likeness (QED) is 0.693. The van der Waals surface area contributed by atoms with Gasteiger partial charge in [-0.1, -0.05) is 5.16 Å². The van der Waals surface area contributed by atoms with E-state index in [0.29, 0.717) is 18.8 Å². The molecule has 0 saturated carbocycles. The second-order valence-electron chi connectivity index (χ2n) is 4.62. The zero-order chi connectivity index (χ0) is 14.1. The van der Waals surface area contributed by atoms with Crippen molar-refractivity contribution >= 4 is 22.6 Å². The van der Waals surface area contributed by atoms with Crippen LogP contribution in [0.25, 0.3) is 11.0 Å². The first-order valence-electron chi connectivity index (χ1n) is 6.30. The van der Waals surface area contributed by atoms with Crippen LogP contribution in [0.3, 0.4) is 0 Å². The maximum atomic E-state index is 13.5. The van der Waals surface area contributed by atoms with Crippen LogP contribution in [0.4, 0.5) is 4.39 Å². The fraction of sp³-hybridized carbons (Fsp3) is 0.286. The molecule has 0 aliphatic rings. The maximum Gasteiger partial charge on any atom is 0.133 e. The van der Waals surface area contributed by atoms with E-state index in [9.17, 15) is 4.39 Å². The highest BCUT2D eigenvalue weighted by Gasteiger charge is 2.13. The van der Waals surface area contributed by atoms with Crippen molar-refractivity contribution in [3.8, 4) is 0 Å². The number of halogens is 2. The van der Waals surface area contributed by atoms with Gasteiger partial charge >= 0.3 is 0 Å². The predicted octanol–water partition coefficient (Wildman–Crippen LogP) is 3.30. The van der Waals surface area contributed by atoms with Crippen molar-refractivity contribution in [3.05, 3.63) is 47.4 Å². The third-order valence-electron chi connectivity index (χ3n) is 3.10. The highest BCUT2D eigenvalue weighted by Crippen LogP contribution is 2.20. The van der Waals surface area contributed by atoms with Crippen molar-refractivity contribution in [2.45, 2.75) is 19.9 Å². The van der Waals surface area contributed by atoms with Crippen LogP contribution in [0.5, 0.6) is 0 Å². The van der Waals surface area contributed by atoms with E-state index >= 15 is 0 Å². The summed E-state index contributed by atoms with van der Waals surface area (Å²) >= 11 is 5.81. The van der Waals surface area contributed by atoms with Crippen molar-refractivity contribution in [1.29, 1.82) is 0 Å². The Morgan fingerprint density at radius 2 is 2.20 bits per heavy atom. The van der Waals surface area contributed by atoms with E-state index in [0.717, 1.165) is 28.3 Å². The Morgan fingerprint density at radius 1 is 1.35 bits per heavy atom. The first-order valence-corrected chi connectivity index (χ1v) is 6.83. The molecule has 0 aliphatic heterocycles. The van der Waals surface area contributed by atoms with Crippen molar-refractivity contribution in [1.82, 2.24) is 14.7 Å². The highest BCUT2D eigenvalue weighted by molar-refractivity contribution is 6.17. The van der Waals surface area contributed by atoms with E-state index in [4.69, 9.17) is 16.1 Å². The van der Waals surface area contributed by atoms with Crippen LogP contribution >= 0.6 is 11.6 Å². The molecule has 20 heavy (non-hydrogen) atoms. The van der Waals surface area contributed by atoms with Gasteiger partial charge in [-0.3, -0.25) is 0 Å². The summed E-state index contributed by atoms with van der Waals surface area (Å²) in [5.74, 6) is 1.74. The lowest BCUT2D eigenvalue weighted by Gasteiger charge is -2.06. The van der Waals surface area contributed by atoms with Crippen LogP contribution < -0.4 is 0 Å². The van der Waals surface area contributed by atoms with Gasteiger partial charge in [0, 0.05) is 18.4 Å². The van der Waals surface area contributed by atoms with Crippen LogP contribution in [-0.4, -0.2) is 20.6 Å². The largest absolute Gasteiger partial charge is 0.361 e. The molecule has 0 unspecified atom stereocenters. The van der Waals surface area contributed by atoms with Gasteiger partial charge in [-0.05, 0) is 25.1 Å². The van der Waals surface area contributed by atoms with Gasteiger partial charge in [0.25, 0.3) is 0 Å². The molecule has 104 valence electrons. The van der Waals surface area contributed by atoms with Gasteiger partial charge in [-0.15, -0.1) is 11.6 Å². The average Bonchev–Trinajstić information content (AvgIpc) is 2.96. The van der Waals surface area contributed by atoms with Gasteiger partial charge in [-0.2, -0.15) is 0 Å². The van der Waals surface area contributed by atoms with Crippen molar-refractivity contribution in [2.24, 2.45) is 0 Å². The molecule has 0 aliphatic carbocycles. The molecule has 3 aromatic rings. The minimum absolute atomic E-state index is 0.285. The summed E-state index contributed by atoms with van der Waals surface area (Å²) in [7, 11) is 0. The van der Waals surface area contributed by atoms with Crippen molar-refractivity contribution in [2.75, 3.05) is 5.88 Å². The van der Waals surface area contributed by atoms with Crippen LogP contribution in [0, 0.1) is 12.7 Å². The smallest absolute Gasteiger partial charge is 0.133 e. The van der Waals surface area contributed by atoms with E-state index in [1.165, 1.54) is 12.1 Å². The van der Waals surface area contributed by atoms with Gasteiger partial charge < -0.3 is 9.09 Å². The predicted molar refractivity (Wildman–Crippen MR) is 74.5 cm³/mol. The minimum Gasteiger partial charge on any atom is -0.361 e. The molecular formula is C14H13ClFN3O. The minimum atomic E-state index is -0.285. The monoisotopic (exact) mass is 293 g/mol. The number of rotatable bonds is 4. The van der Waals surface area contributed by atoms with Gasteiger partial charge in [-0.25, -0.2) is 9.37 Å². The normalized spacial score (nSPS) is 11.3. The second kappa shape index (κ2) is 5.25. The van der Waals surface area contributed by atoms with Crippen LogP contribution in [-0.2, 0) is 13.0 Å². The zero-order valence-corrected chi connectivity index (χ0v) is 11.7. The molecule has 0 spiro atoms. The molecule has 0 fully saturated rings. The molecule has 2 aromatic heterocycles. The fourth-order valence-electron chi connectivity index (χ4n) is 2.25. The molecule has 2 heterocycles. The number of aryl methyl sites for hydroxylation is 2. The summed E-state index contributed by atoms with van der Waals surface area (Å²) in [6.07, 6.45) is 0.620. The summed E-state index contributed by atoms with van der Waals surface area (Å²) in [5, 5.41) is 3.97. The number of benzene rings is 1. The molecule has 0 N–H and O–H groups in total. The van der Waals surface area contributed by atoms with Gasteiger partial charge in [0.1, 0.15) is 23.1 Å². The molecule has 0 atom stereocenters. The number of aromatic nitrogens is 3. The molecule has 0 amide bonds. The summed E-state index contributed by atoms with van der Waals surface area (Å²) in [4.78, 5) is 4.50. The number of imidazole rings is 1. The van der Waals surface area contributed by atoms with Gasteiger partial charge in [0.05, 0.1) is 17.6 Å². The molecule has 0 saturated heterocycles. The van der Waals surface area contributed by atoms with Crippen LogP contribution in [0.15, 0.2) is 28.8 Å². The highest BCUT2D eigenvalue weighted by atomic mass is 35.5. The van der Waals surface area contributed by atoms with Crippen LogP contribution in [0.1, 0.15) is 17.3 Å². The Bertz CT molecular complexity index is 750. The second-order valence-corrected chi connectivity index (χ2v) is 4.99. The van der Waals surface area contributed by atoms with E-state index in [1.54, 1.807) is 6.07 Å². The summed E-state index contributed by atoms with van der Waals surface area (Å²) in [6, 6.07) is 6.42. The van der Waals surface area contributed by atoms with E-state index in [2.05, 4.69) is 10.1 Å². The van der Waals surface area contributed by atoms with E-state index in [1.807, 2.05) is 17.6 Å².